The Labute approximate surface area is 175 Å². The minimum absolute atomic E-state index is 0.0516. The number of nitrogens with one attached hydrogen (secondary N) is 1. The van der Waals surface area contributed by atoms with Crippen LogP contribution in [-0.2, 0) is 33.4 Å². The minimum Gasteiger partial charge on any atom is -0.508 e. The number of nitrogens with zero attached hydrogens (tertiary/aromatic N) is 1. The maximum Gasteiger partial charge on any atom is 0.352 e. The molecule has 1 aromatic rings. The minimum atomic E-state index is -2.11. The maximum atomic E-state index is 12.9. The molecule has 1 fully saturated rings. The lowest BCUT2D eigenvalue weighted by atomic mass is 9.92. The Kier molecular flexibility index (Phi) is 5.97. The third-order valence-electron chi connectivity index (χ3n) is 5.00. The van der Waals surface area contributed by atoms with Crippen LogP contribution in [0.3, 0.4) is 0 Å². The van der Waals surface area contributed by atoms with E-state index in [0.29, 0.717) is 0 Å². The molecule has 0 spiro atoms. The second kappa shape index (κ2) is 8.34. The molecule has 0 aromatic heterocycles. The van der Waals surface area contributed by atoms with Gasteiger partial charge in [0.15, 0.2) is 12.1 Å². The number of amides is 2. The predicted molar refractivity (Wildman–Crippen MR) is 99.5 cm³/mol. The predicted octanol–water partition coefficient (Wildman–Crippen LogP) is -0.797. The Balaban J connectivity index is 1.91. The normalized spacial score (nSPS) is 23.6. The smallest absolute Gasteiger partial charge is 0.352 e. The SMILES string of the molecule is COCC1=C(C(=O)O)N2C(=O)[C@](NC(=O)C(C(=O)O)c3ccc(O)cc3)(OC)[C@H]2OC1. The number of phenols is 1. The van der Waals surface area contributed by atoms with E-state index in [1.807, 2.05) is 0 Å². The van der Waals surface area contributed by atoms with Crippen molar-refractivity contribution >= 4 is 23.8 Å². The highest BCUT2D eigenvalue weighted by Gasteiger charge is 2.68. The van der Waals surface area contributed by atoms with Gasteiger partial charge in [0, 0.05) is 19.8 Å². The van der Waals surface area contributed by atoms with Crippen LogP contribution in [-0.4, -0.2) is 83.4 Å². The van der Waals surface area contributed by atoms with E-state index in [9.17, 15) is 34.5 Å². The first-order chi connectivity index (χ1) is 14.7. The lowest BCUT2D eigenvalue weighted by Gasteiger charge is -2.55. The van der Waals surface area contributed by atoms with Crippen LogP contribution in [0.25, 0.3) is 0 Å². The molecule has 0 radical (unpaired) electrons. The van der Waals surface area contributed by atoms with Crippen LogP contribution in [0.4, 0.5) is 0 Å². The summed E-state index contributed by atoms with van der Waals surface area (Å²) < 4.78 is 15.7. The molecule has 1 saturated heterocycles. The van der Waals surface area contributed by atoms with Gasteiger partial charge in [0.2, 0.25) is 5.91 Å². The van der Waals surface area contributed by atoms with Crippen molar-refractivity contribution in [1.29, 1.82) is 0 Å². The van der Waals surface area contributed by atoms with Crippen molar-refractivity contribution in [3.8, 4) is 5.75 Å². The van der Waals surface area contributed by atoms with Crippen molar-refractivity contribution in [3.63, 3.8) is 0 Å². The Morgan fingerprint density at radius 1 is 1.26 bits per heavy atom. The van der Waals surface area contributed by atoms with Crippen LogP contribution in [0.2, 0.25) is 0 Å². The maximum absolute atomic E-state index is 12.9. The van der Waals surface area contributed by atoms with Gasteiger partial charge in [-0.2, -0.15) is 0 Å². The van der Waals surface area contributed by atoms with E-state index in [2.05, 4.69) is 5.32 Å². The quantitative estimate of drug-likeness (QED) is 0.230. The van der Waals surface area contributed by atoms with Gasteiger partial charge in [0.25, 0.3) is 11.6 Å². The Bertz CT molecular complexity index is 957. The zero-order valence-corrected chi connectivity index (χ0v) is 16.5. The van der Waals surface area contributed by atoms with Crippen LogP contribution in [0.1, 0.15) is 11.5 Å². The molecule has 3 rings (SSSR count). The molecular weight excluding hydrogens is 416 g/mol. The molecule has 4 N–H and O–H groups in total. The number of rotatable bonds is 8. The number of ether oxygens (including phenoxy) is 3. The highest BCUT2D eigenvalue weighted by atomic mass is 16.6. The first kappa shape index (κ1) is 22.2. The number of methoxy groups -OCH3 is 2. The standard InChI is InChI=1S/C19H20N2O10/c1-29-7-10-8-31-18-19(30-2,17(28)21(18)13(10)16(26)27)20-14(23)12(15(24)25)9-3-5-11(22)6-4-9/h3-6,12,18,22H,7-8H2,1-2H3,(H,20,23)(H,24,25)(H,26,27)/t12?,18-,19+/m1/s1. The van der Waals surface area contributed by atoms with E-state index in [1.54, 1.807) is 0 Å². The highest BCUT2D eigenvalue weighted by Crippen LogP contribution is 2.40. The molecule has 2 aliphatic heterocycles. The average Bonchev–Trinajstić information content (AvgIpc) is 2.72. The summed E-state index contributed by atoms with van der Waals surface area (Å²) >= 11 is 0. The number of benzene rings is 1. The molecule has 166 valence electrons. The van der Waals surface area contributed by atoms with E-state index in [4.69, 9.17) is 14.2 Å². The zero-order chi connectivity index (χ0) is 22.9. The molecule has 1 aromatic carbocycles. The van der Waals surface area contributed by atoms with Gasteiger partial charge >= 0.3 is 11.9 Å². The van der Waals surface area contributed by atoms with E-state index >= 15 is 0 Å². The molecule has 0 aliphatic carbocycles. The second-order valence-corrected chi connectivity index (χ2v) is 6.82. The summed E-state index contributed by atoms with van der Waals surface area (Å²) in [5, 5.41) is 30.7. The van der Waals surface area contributed by atoms with Crippen molar-refractivity contribution < 1.29 is 48.7 Å². The Morgan fingerprint density at radius 3 is 2.42 bits per heavy atom. The van der Waals surface area contributed by atoms with Gasteiger partial charge in [0.05, 0.1) is 13.2 Å². The fraction of sp³-hybridized carbons (Fsp3) is 0.368. The number of fused-ring (bicyclic) bond motifs is 1. The molecule has 0 saturated carbocycles. The van der Waals surface area contributed by atoms with Crippen LogP contribution >= 0.6 is 0 Å². The number of hydrogen-bond acceptors (Lipinski definition) is 8. The average molecular weight is 436 g/mol. The van der Waals surface area contributed by atoms with E-state index in [0.717, 1.165) is 12.0 Å². The van der Waals surface area contributed by atoms with Crippen molar-refractivity contribution in [1.82, 2.24) is 10.2 Å². The Morgan fingerprint density at radius 2 is 1.90 bits per heavy atom. The summed E-state index contributed by atoms with van der Waals surface area (Å²) in [7, 11) is 2.45. The monoisotopic (exact) mass is 436 g/mol. The Hall–Kier alpha value is -3.48. The fourth-order valence-corrected chi connectivity index (χ4v) is 3.56. The molecule has 31 heavy (non-hydrogen) atoms. The summed E-state index contributed by atoms with van der Waals surface area (Å²) in [6, 6.07) is 4.93. The number of aromatic hydroxyl groups is 1. The molecule has 12 heteroatoms. The fourth-order valence-electron chi connectivity index (χ4n) is 3.56. The van der Waals surface area contributed by atoms with Crippen LogP contribution < -0.4 is 5.32 Å². The number of β-lactam (4-membered cyclic amide) rings is 1. The van der Waals surface area contributed by atoms with Crippen molar-refractivity contribution in [2.24, 2.45) is 0 Å². The number of aliphatic carboxylic acids is 2. The van der Waals surface area contributed by atoms with Crippen LogP contribution in [0.15, 0.2) is 35.5 Å². The van der Waals surface area contributed by atoms with Crippen molar-refractivity contribution in [2.75, 3.05) is 27.4 Å². The second-order valence-electron chi connectivity index (χ2n) is 6.82. The third-order valence-corrected chi connectivity index (χ3v) is 5.00. The molecule has 3 atom stereocenters. The zero-order valence-electron chi connectivity index (χ0n) is 16.5. The first-order valence-electron chi connectivity index (χ1n) is 8.96. The number of carboxylic acid groups (broad SMARTS) is 2. The van der Waals surface area contributed by atoms with Crippen LogP contribution in [0, 0.1) is 0 Å². The number of carboxylic acids is 2. The van der Waals surface area contributed by atoms with Crippen molar-refractivity contribution in [3.05, 3.63) is 41.1 Å². The van der Waals surface area contributed by atoms with E-state index in [-0.39, 0.29) is 35.8 Å². The molecule has 1 unspecified atom stereocenters. The number of carbonyl (C=O) groups excluding carboxylic acids is 2. The molecule has 2 amide bonds. The molecule has 2 aliphatic rings. The summed E-state index contributed by atoms with van der Waals surface area (Å²) in [4.78, 5) is 50.0. The van der Waals surface area contributed by atoms with Crippen LogP contribution in [0.5, 0.6) is 5.75 Å². The summed E-state index contributed by atoms with van der Waals surface area (Å²) in [5.41, 5.74) is -2.20. The van der Waals surface area contributed by atoms with E-state index in [1.165, 1.54) is 31.4 Å². The molecule has 12 nitrogen and oxygen atoms in total. The summed E-state index contributed by atoms with van der Waals surface area (Å²) in [5.74, 6) is -6.76. The highest BCUT2D eigenvalue weighted by molar-refractivity contribution is 6.07. The van der Waals surface area contributed by atoms with Gasteiger partial charge in [-0.3, -0.25) is 19.3 Å². The first-order valence-corrected chi connectivity index (χ1v) is 8.96. The van der Waals surface area contributed by atoms with Gasteiger partial charge in [0.1, 0.15) is 11.4 Å². The van der Waals surface area contributed by atoms with Crippen molar-refractivity contribution in [2.45, 2.75) is 17.9 Å². The van der Waals surface area contributed by atoms with E-state index < -0.39 is 41.6 Å². The lowest BCUT2D eigenvalue weighted by molar-refractivity contribution is -0.258. The van der Waals surface area contributed by atoms with Gasteiger partial charge in [-0.1, -0.05) is 12.1 Å². The largest absolute Gasteiger partial charge is 0.508 e. The number of carbonyl (C=O) groups is 4. The number of phenolic OH excluding ortho intramolecular Hbond substituents is 1. The van der Waals surface area contributed by atoms with Gasteiger partial charge in [-0.05, 0) is 17.7 Å². The number of hydrogen-bond donors (Lipinski definition) is 4. The molecule has 2 heterocycles. The topological polar surface area (TPSA) is 172 Å². The summed E-state index contributed by atoms with van der Waals surface area (Å²) in [6.07, 6.45) is -1.32. The van der Waals surface area contributed by atoms with Gasteiger partial charge in [-0.25, -0.2) is 4.79 Å². The summed E-state index contributed by atoms with van der Waals surface area (Å²) in [6.45, 7) is -0.294. The van der Waals surface area contributed by atoms with Gasteiger partial charge < -0.3 is 34.8 Å². The lowest BCUT2D eigenvalue weighted by Crippen LogP contribution is -2.82. The molecule has 0 bridgehead atoms. The third kappa shape index (κ3) is 3.60. The molecular formula is C19H20N2O10. The van der Waals surface area contributed by atoms with Gasteiger partial charge in [-0.15, -0.1) is 0 Å².